The van der Waals surface area contributed by atoms with E-state index in [-0.39, 0.29) is 0 Å². The topological polar surface area (TPSA) is 58.0 Å². The van der Waals surface area contributed by atoms with Gasteiger partial charge in [-0.3, -0.25) is 9.80 Å². The second-order valence-corrected chi connectivity index (χ2v) is 16.0. The van der Waals surface area contributed by atoms with Crippen molar-refractivity contribution in [2.45, 2.75) is 107 Å². The molecule has 5 rings (SSSR count). The lowest BCUT2D eigenvalue weighted by molar-refractivity contribution is 0.586. The van der Waals surface area contributed by atoms with Crippen LogP contribution >= 0.6 is 0 Å². The molecule has 6 nitrogen and oxygen atoms in total. The molecule has 0 N–H and O–H groups in total. The molecule has 0 aliphatic heterocycles. The minimum absolute atomic E-state index is 0.629. The van der Waals surface area contributed by atoms with Crippen molar-refractivity contribution in [2.75, 3.05) is 9.80 Å². The number of anilines is 6. The summed E-state index contributed by atoms with van der Waals surface area (Å²) in [6, 6.07) is 26.2. The van der Waals surface area contributed by atoms with Crippen LogP contribution < -0.4 is 9.80 Å². The number of aryl methyl sites for hydroxylation is 4. The number of benzene rings is 1. The Morgan fingerprint density at radius 2 is 0.654 bits per heavy atom. The van der Waals surface area contributed by atoms with Gasteiger partial charge in [0.1, 0.15) is 23.3 Å². The number of hydrogen-bond donors (Lipinski definition) is 0. The maximum absolute atomic E-state index is 4.95. The van der Waals surface area contributed by atoms with Crippen molar-refractivity contribution in [1.29, 1.82) is 0 Å². The summed E-state index contributed by atoms with van der Waals surface area (Å²) >= 11 is 0. The standard InChI is InChI=1S/C46H60N6/c1-33(2)12-16-37-20-24-47-43(28-37)51(44-29-38(21-25-48-44)17-13-34(3)4)41-10-9-11-42(32-41)52(45-30-39(22-26-49-45)18-14-35(5)6)46-31-40(23-27-50-46)19-15-36(7)8/h9-11,20-36H,12-19H2,1-8H3. The van der Waals surface area contributed by atoms with Crippen LogP contribution in [-0.4, -0.2) is 19.9 Å². The van der Waals surface area contributed by atoms with Crippen molar-refractivity contribution in [3.8, 4) is 0 Å². The molecule has 0 radical (unpaired) electrons. The summed E-state index contributed by atoms with van der Waals surface area (Å²) in [6.07, 6.45) is 16.3. The summed E-state index contributed by atoms with van der Waals surface area (Å²) in [7, 11) is 0. The maximum atomic E-state index is 4.95. The number of nitrogens with zero attached hydrogens (tertiary/aromatic N) is 6. The molecule has 4 aromatic heterocycles. The van der Waals surface area contributed by atoms with Crippen LogP contribution in [0.4, 0.5) is 34.6 Å². The summed E-state index contributed by atoms with van der Waals surface area (Å²) < 4.78 is 0. The zero-order valence-corrected chi connectivity index (χ0v) is 32.9. The van der Waals surface area contributed by atoms with Gasteiger partial charge in [-0.1, -0.05) is 61.5 Å². The number of rotatable bonds is 18. The van der Waals surface area contributed by atoms with Crippen LogP contribution in [0.1, 0.15) is 103 Å². The summed E-state index contributed by atoms with van der Waals surface area (Å²) in [5.74, 6) is 5.97. The van der Waals surface area contributed by atoms with E-state index in [1.54, 1.807) is 0 Å². The van der Waals surface area contributed by atoms with Gasteiger partial charge in [-0.2, -0.15) is 0 Å². The van der Waals surface area contributed by atoms with Gasteiger partial charge in [0.25, 0.3) is 0 Å². The lowest BCUT2D eigenvalue weighted by atomic mass is 10.0. The molecule has 0 aliphatic carbocycles. The first-order chi connectivity index (χ1) is 25.0. The smallest absolute Gasteiger partial charge is 0.138 e. The van der Waals surface area contributed by atoms with Crippen LogP contribution in [0.5, 0.6) is 0 Å². The fourth-order valence-electron chi connectivity index (χ4n) is 6.31. The molecule has 0 aliphatic rings. The van der Waals surface area contributed by atoms with Crippen LogP contribution in [-0.2, 0) is 25.7 Å². The molecule has 0 bridgehead atoms. The minimum atomic E-state index is 0.629. The van der Waals surface area contributed by atoms with Gasteiger partial charge in [-0.25, -0.2) is 19.9 Å². The molecule has 0 spiro atoms. The van der Waals surface area contributed by atoms with E-state index in [1.807, 2.05) is 24.8 Å². The molecule has 5 aromatic rings. The summed E-state index contributed by atoms with van der Waals surface area (Å²) in [6.45, 7) is 18.2. The summed E-state index contributed by atoms with van der Waals surface area (Å²) in [5, 5.41) is 0. The SMILES string of the molecule is CC(C)CCc1ccnc(N(c2cccc(N(c3cc(CCC(C)C)ccn3)c3cc(CCC(C)C)ccn3)c2)c2cc(CCC(C)C)ccn2)c1. The van der Waals surface area contributed by atoms with Crippen molar-refractivity contribution in [1.82, 2.24) is 19.9 Å². The highest BCUT2D eigenvalue weighted by Gasteiger charge is 2.21. The van der Waals surface area contributed by atoms with Crippen LogP contribution in [0.2, 0.25) is 0 Å². The molecule has 0 fully saturated rings. The van der Waals surface area contributed by atoms with Gasteiger partial charge in [0.15, 0.2) is 0 Å². The van der Waals surface area contributed by atoms with E-state index in [4.69, 9.17) is 19.9 Å². The Kier molecular flexibility index (Phi) is 14.0. The van der Waals surface area contributed by atoms with Crippen molar-refractivity contribution < 1.29 is 0 Å². The lowest BCUT2D eigenvalue weighted by Gasteiger charge is -2.28. The molecule has 1 aromatic carbocycles. The largest absolute Gasteiger partial charge is 0.279 e. The van der Waals surface area contributed by atoms with E-state index in [0.717, 1.165) is 86.0 Å². The third-order valence-electron chi connectivity index (χ3n) is 9.54. The number of hydrogen-bond acceptors (Lipinski definition) is 6. The fourth-order valence-corrected chi connectivity index (χ4v) is 6.31. The van der Waals surface area contributed by atoms with Crippen LogP contribution in [0.15, 0.2) is 97.6 Å². The summed E-state index contributed by atoms with van der Waals surface area (Å²) in [5.41, 5.74) is 7.09. The predicted octanol–water partition coefficient (Wildman–Crippen LogP) is 12.6. The third-order valence-corrected chi connectivity index (χ3v) is 9.54. The molecule has 0 unspecified atom stereocenters. The quantitative estimate of drug-likeness (QED) is 0.0909. The highest BCUT2D eigenvalue weighted by atomic mass is 15.3. The van der Waals surface area contributed by atoms with Crippen molar-refractivity contribution in [2.24, 2.45) is 23.7 Å². The van der Waals surface area contributed by atoms with Gasteiger partial charge in [-0.15, -0.1) is 0 Å². The molecule has 6 heteroatoms. The average Bonchev–Trinajstić information content (AvgIpc) is 3.13. The van der Waals surface area contributed by atoms with E-state index in [0.29, 0.717) is 23.7 Å². The molecular weight excluding hydrogens is 637 g/mol. The van der Waals surface area contributed by atoms with Gasteiger partial charge >= 0.3 is 0 Å². The van der Waals surface area contributed by atoms with Gasteiger partial charge in [0.2, 0.25) is 0 Å². The second kappa shape index (κ2) is 18.8. The van der Waals surface area contributed by atoms with Crippen molar-refractivity contribution >= 4 is 34.6 Å². The van der Waals surface area contributed by atoms with Crippen molar-refractivity contribution in [3.05, 3.63) is 120 Å². The monoisotopic (exact) mass is 696 g/mol. The number of aromatic nitrogens is 4. The Labute approximate surface area is 313 Å². The van der Waals surface area contributed by atoms with E-state index >= 15 is 0 Å². The average molecular weight is 697 g/mol. The Morgan fingerprint density at radius 1 is 0.385 bits per heavy atom. The van der Waals surface area contributed by atoms with E-state index in [1.165, 1.54) is 22.3 Å². The molecule has 0 saturated heterocycles. The number of pyridine rings is 4. The van der Waals surface area contributed by atoms with Gasteiger partial charge in [-0.05, 0) is 164 Å². The zero-order chi connectivity index (χ0) is 37.0. The Morgan fingerprint density at radius 3 is 0.904 bits per heavy atom. The van der Waals surface area contributed by atoms with Crippen LogP contribution in [0, 0.1) is 23.7 Å². The third kappa shape index (κ3) is 11.2. The molecule has 0 atom stereocenters. The molecule has 274 valence electrons. The zero-order valence-electron chi connectivity index (χ0n) is 32.9. The second-order valence-electron chi connectivity index (χ2n) is 16.0. The Hall–Kier alpha value is -4.58. The van der Waals surface area contributed by atoms with Crippen LogP contribution in [0.25, 0.3) is 0 Å². The first-order valence-corrected chi connectivity index (χ1v) is 19.6. The predicted molar refractivity (Wildman–Crippen MR) is 220 cm³/mol. The van der Waals surface area contributed by atoms with Crippen molar-refractivity contribution in [3.63, 3.8) is 0 Å². The lowest BCUT2D eigenvalue weighted by Crippen LogP contribution is -2.17. The Bertz CT molecular complexity index is 1600. The molecular formula is C46H60N6. The fraction of sp³-hybridized carbons (Fsp3) is 0.435. The van der Waals surface area contributed by atoms with E-state index in [2.05, 4.69) is 138 Å². The molecule has 0 amide bonds. The van der Waals surface area contributed by atoms with E-state index < -0.39 is 0 Å². The molecule has 52 heavy (non-hydrogen) atoms. The first-order valence-electron chi connectivity index (χ1n) is 19.6. The summed E-state index contributed by atoms with van der Waals surface area (Å²) in [4.78, 5) is 24.2. The molecule has 0 saturated carbocycles. The normalized spacial score (nSPS) is 11.6. The van der Waals surface area contributed by atoms with Crippen LogP contribution in [0.3, 0.4) is 0 Å². The van der Waals surface area contributed by atoms with Gasteiger partial charge in [0.05, 0.1) is 11.4 Å². The first kappa shape index (κ1) is 38.6. The molecule has 4 heterocycles. The highest BCUT2D eigenvalue weighted by Crippen LogP contribution is 2.39. The van der Waals surface area contributed by atoms with Gasteiger partial charge < -0.3 is 0 Å². The minimum Gasteiger partial charge on any atom is -0.279 e. The van der Waals surface area contributed by atoms with Gasteiger partial charge in [0, 0.05) is 24.8 Å². The van der Waals surface area contributed by atoms with E-state index in [9.17, 15) is 0 Å². The highest BCUT2D eigenvalue weighted by molar-refractivity contribution is 5.79. The Balaban J connectivity index is 1.64. The maximum Gasteiger partial charge on any atom is 0.138 e.